The lowest BCUT2D eigenvalue weighted by atomic mass is 10.2. The largest absolute Gasteiger partial charge is 0.486 e. The predicted molar refractivity (Wildman–Crippen MR) is 71.9 cm³/mol. The molecule has 4 heteroatoms. The maximum absolute atomic E-state index is 5.86. The minimum Gasteiger partial charge on any atom is -0.486 e. The zero-order valence-electron chi connectivity index (χ0n) is 8.87. The Morgan fingerprint density at radius 3 is 2.75 bits per heavy atom. The summed E-state index contributed by atoms with van der Waals surface area (Å²) in [7, 11) is 0. The number of thiophene rings is 1. The zero-order valence-corrected chi connectivity index (χ0v) is 11.3. The summed E-state index contributed by atoms with van der Waals surface area (Å²) >= 11 is 5.10. The molecule has 0 radical (unpaired) electrons. The van der Waals surface area contributed by atoms with E-state index in [-0.39, 0.29) is 0 Å². The second kappa shape index (κ2) is 4.89. The number of nitrogen functional groups attached to an aromatic ring is 1. The van der Waals surface area contributed by atoms with Crippen molar-refractivity contribution in [1.82, 2.24) is 0 Å². The number of para-hydroxylation sites is 1. The molecule has 2 N–H and O–H groups in total. The van der Waals surface area contributed by atoms with Crippen LogP contribution in [0.5, 0.6) is 5.75 Å². The first-order valence-corrected chi connectivity index (χ1v) is 6.50. The molecule has 2 rings (SSSR count). The third-order valence-corrected chi connectivity index (χ3v) is 3.83. The van der Waals surface area contributed by atoms with Crippen LogP contribution >= 0.6 is 27.3 Å². The quantitative estimate of drug-likeness (QED) is 0.870. The molecule has 0 aliphatic carbocycles. The van der Waals surface area contributed by atoms with E-state index in [0.717, 1.165) is 15.1 Å². The van der Waals surface area contributed by atoms with E-state index in [2.05, 4.69) is 15.9 Å². The second-order valence-electron chi connectivity index (χ2n) is 3.49. The maximum Gasteiger partial charge on any atom is 0.145 e. The summed E-state index contributed by atoms with van der Waals surface area (Å²) in [6.45, 7) is 2.56. The van der Waals surface area contributed by atoms with Gasteiger partial charge in [0.05, 0.1) is 9.47 Å². The van der Waals surface area contributed by atoms with E-state index in [1.54, 1.807) is 11.3 Å². The van der Waals surface area contributed by atoms with Crippen LogP contribution in [0, 0.1) is 6.92 Å². The molecule has 1 aromatic heterocycles. The van der Waals surface area contributed by atoms with Crippen molar-refractivity contribution in [3.63, 3.8) is 0 Å². The molecule has 2 nitrogen and oxygen atoms in total. The Morgan fingerprint density at radius 2 is 2.12 bits per heavy atom. The van der Waals surface area contributed by atoms with Gasteiger partial charge in [-0.3, -0.25) is 0 Å². The van der Waals surface area contributed by atoms with E-state index in [4.69, 9.17) is 10.5 Å². The van der Waals surface area contributed by atoms with Crippen molar-refractivity contribution < 1.29 is 4.74 Å². The standard InChI is InChI=1S/C12H12BrNOS/c1-8-3-2-4-10(14)12(8)15-7-9-5-6-11(13)16-9/h2-6H,7,14H2,1H3. The first kappa shape index (κ1) is 11.5. The predicted octanol–water partition coefficient (Wildman–Crippen LogP) is 3.98. The van der Waals surface area contributed by atoms with Crippen molar-refractivity contribution >= 4 is 33.0 Å². The highest BCUT2D eigenvalue weighted by molar-refractivity contribution is 9.11. The summed E-state index contributed by atoms with van der Waals surface area (Å²) in [5.74, 6) is 0.784. The Hall–Kier alpha value is -1.000. The van der Waals surface area contributed by atoms with Crippen LogP contribution in [0.15, 0.2) is 34.1 Å². The van der Waals surface area contributed by atoms with Crippen molar-refractivity contribution in [2.75, 3.05) is 5.73 Å². The van der Waals surface area contributed by atoms with Crippen LogP contribution in [0.25, 0.3) is 0 Å². The van der Waals surface area contributed by atoms with Gasteiger partial charge in [-0.1, -0.05) is 12.1 Å². The van der Waals surface area contributed by atoms with E-state index in [9.17, 15) is 0 Å². The lowest BCUT2D eigenvalue weighted by Gasteiger charge is -2.10. The molecule has 1 heterocycles. The average molecular weight is 298 g/mol. The Kier molecular flexibility index (Phi) is 3.51. The summed E-state index contributed by atoms with van der Waals surface area (Å²) in [5, 5.41) is 0. The number of hydrogen-bond acceptors (Lipinski definition) is 3. The molecule has 0 fully saturated rings. The highest BCUT2D eigenvalue weighted by Gasteiger charge is 2.05. The van der Waals surface area contributed by atoms with Crippen molar-refractivity contribution in [2.24, 2.45) is 0 Å². The van der Waals surface area contributed by atoms with Gasteiger partial charge in [-0.15, -0.1) is 11.3 Å². The average Bonchev–Trinajstić information content (AvgIpc) is 2.63. The summed E-state index contributed by atoms with van der Waals surface area (Å²) in [6, 6.07) is 9.84. The van der Waals surface area contributed by atoms with Crippen molar-refractivity contribution in [3.05, 3.63) is 44.6 Å². The minimum atomic E-state index is 0.561. The summed E-state index contributed by atoms with van der Waals surface area (Å²) in [6.07, 6.45) is 0. The molecular weight excluding hydrogens is 286 g/mol. The fourth-order valence-corrected chi connectivity index (χ4v) is 2.84. The maximum atomic E-state index is 5.86. The second-order valence-corrected chi connectivity index (χ2v) is 6.04. The fourth-order valence-electron chi connectivity index (χ4n) is 1.44. The SMILES string of the molecule is Cc1cccc(N)c1OCc1ccc(Br)s1. The van der Waals surface area contributed by atoms with Gasteiger partial charge < -0.3 is 10.5 Å². The van der Waals surface area contributed by atoms with E-state index >= 15 is 0 Å². The molecule has 1 aromatic carbocycles. The number of benzene rings is 1. The number of anilines is 1. The van der Waals surface area contributed by atoms with E-state index in [1.807, 2.05) is 37.3 Å². The van der Waals surface area contributed by atoms with Gasteiger partial charge in [0.2, 0.25) is 0 Å². The summed E-state index contributed by atoms with van der Waals surface area (Å²) in [5.41, 5.74) is 7.62. The molecule has 0 aliphatic rings. The fraction of sp³-hybridized carbons (Fsp3) is 0.167. The number of halogens is 1. The van der Waals surface area contributed by atoms with Gasteiger partial charge in [0.15, 0.2) is 0 Å². The van der Waals surface area contributed by atoms with Gasteiger partial charge in [0.25, 0.3) is 0 Å². The van der Waals surface area contributed by atoms with Crippen molar-refractivity contribution in [2.45, 2.75) is 13.5 Å². The topological polar surface area (TPSA) is 35.2 Å². The lowest BCUT2D eigenvalue weighted by Crippen LogP contribution is -1.99. The molecule has 0 unspecified atom stereocenters. The normalized spacial score (nSPS) is 10.4. The van der Waals surface area contributed by atoms with E-state index < -0.39 is 0 Å². The molecule has 0 aliphatic heterocycles. The summed E-state index contributed by atoms with van der Waals surface area (Å²) in [4.78, 5) is 1.18. The van der Waals surface area contributed by atoms with Gasteiger partial charge in [-0.2, -0.15) is 0 Å². The number of rotatable bonds is 3. The van der Waals surface area contributed by atoms with Crippen LogP contribution in [0.4, 0.5) is 5.69 Å². The number of hydrogen-bond donors (Lipinski definition) is 1. The molecule has 0 atom stereocenters. The molecule has 84 valence electrons. The van der Waals surface area contributed by atoms with Gasteiger partial charge in [0, 0.05) is 4.88 Å². The summed E-state index contributed by atoms with van der Waals surface area (Å²) < 4.78 is 6.85. The van der Waals surface area contributed by atoms with Crippen LogP contribution in [0.3, 0.4) is 0 Å². The smallest absolute Gasteiger partial charge is 0.145 e. The first-order valence-electron chi connectivity index (χ1n) is 4.89. The molecule has 2 aromatic rings. The van der Waals surface area contributed by atoms with Gasteiger partial charge in [-0.05, 0) is 46.6 Å². The minimum absolute atomic E-state index is 0.561. The Morgan fingerprint density at radius 1 is 1.31 bits per heavy atom. The molecular formula is C12H12BrNOS. The molecule has 16 heavy (non-hydrogen) atoms. The molecule has 0 saturated carbocycles. The highest BCUT2D eigenvalue weighted by Crippen LogP contribution is 2.28. The third-order valence-electron chi connectivity index (χ3n) is 2.23. The Labute approximate surface area is 107 Å². The Balaban J connectivity index is 2.10. The highest BCUT2D eigenvalue weighted by atomic mass is 79.9. The van der Waals surface area contributed by atoms with E-state index in [1.165, 1.54) is 4.88 Å². The van der Waals surface area contributed by atoms with Gasteiger partial charge in [0.1, 0.15) is 12.4 Å². The van der Waals surface area contributed by atoms with Gasteiger partial charge in [-0.25, -0.2) is 0 Å². The number of nitrogens with two attached hydrogens (primary N) is 1. The van der Waals surface area contributed by atoms with Crippen LogP contribution in [0.2, 0.25) is 0 Å². The van der Waals surface area contributed by atoms with Crippen LogP contribution in [0.1, 0.15) is 10.4 Å². The molecule has 0 saturated heterocycles. The molecule has 0 bridgehead atoms. The molecule has 0 spiro atoms. The van der Waals surface area contributed by atoms with E-state index in [0.29, 0.717) is 12.3 Å². The molecule has 0 amide bonds. The van der Waals surface area contributed by atoms with Crippen LogP contribution in [-0.4, -0.2) is 0 Å². The first-order chi connectivity index (χ1) is 7.66. The van der Waals surface area contributed by atoms with Gasteiger partial charge >= 0.3 is 0 Å². The number of ether oxygens (including phenoxy) is 1. The van der Waals surface area contributed by atoms with Crippen molar-refractivity contribution in [3.8, 4) is 5.75 Å². The van der Waals surface area contributed by atoms with Crippen LogP contribution < -0.4 is 10.5 Å². The van der Waals surface area contributed by atoms with Crippen LogP contribution in [-0.2, 0) is 6.61 Å². The lowest BCUT2D eigenvalue weighted by molar-refractivity contribution is 0.309. The Bertz CT molecular complexity index is 475. The number of aryl methyl sites for hydroxylation is 1. The zero-order chi connectivity index (χ0) is 11.5. The van der Waals surface area contributed by atoms with Crippen molar-refractivity contribution in [1.29, 1.82) is 0 Å². The monoisotopic (exact) mass is 297 g/mol. The third kappa shape index (κ3) is 2.57.